The van der Waals surface area contributed by atoms with E-state index in [0.717, 1.165) is 29.0 Å². The summed E-state index contributed by atoms with van der Waals surface area (Å²) in [4.78, 5) is 11.6. The van der Waals surface area contributed by atoms with Crippen molar-refractivity contribution >= 4 is 5.69 Å². The van der Waals surface area contributed by atoms with Crippen LogP contribution in [0.1, 0.15) is 49.8 Å². The summed E-state index contributed by atoms with van der Waals surface area (Å²) >= 11 is 0. The highest BCUT2D eigenvalue weighted by atomic mass is 16.1. The maximum Gasteiger partial charge on any atom is 0.287 e. The predicted octanol–water partition coefficient (Wildman–Crippen LogP) is 2.13. The first-order valence-electron chi connectivity index (χ1n) is 7.42. The summed E-state index contributed by atoms with van der Waals surface area (Å²) in [5.41, 5.74) is 8.25. The first kappa shape index (κ1) is 11.5. The average Bonchev–Trinajstić information content (AvgIpc) is 2.34. The van der Waals surface area contributed by atoms with E-state index >= 15 is 0 Å². The van der Waals surface area contributed by atoms with Gasteiger partial charge in [-0.15, -0.1) is 0 Å². The zero-order valence-electron chi connectivity index (χ0n) is 11.4. The summed E-state index contributed by atoms with van der Waals surface area (Å²) in [6, 6.07) is 0. The van der Waals surface area contributed by atoms with Crippen molar-refractivity contribution in [2.24, 2.45) is 17.8 Å². The normalized spacial score (nSPS) is 39.7. The Morgan fingerprint density at radius 1 is 1.16 bits per heavy atom. The number of aromatic nitrogens is 2. The predicted molar refractivity (Wildman–Crippen MR) is 73.9 cm³/mol. The van der Waals surface area contributed by atoms with Crippen molar-refractivity contribution in [3.63, 3.8) is 0 Å². The fourth-order valence-electron chi connectivity index (χ4n) is 5.47. The highest BCUT2D eigenvalue weighted by Crippen LogP contribution is 2.60. The van der Waals surface area contributed by atoms with Crippen LogP contribution in [0.15, 0.2) is 4.79 Å². The highest BCUT2D eigenvalue weighted by Gasteiger charge is 2.53. The second kappa shape index (κ2) is 3.62. The molecule has 4 saturated carbocycles. The second-order valence-corrected chi connectivity index (χ2v) is 7.14. The summed E-state index contributed by atoms with van der Waals surface area (Å²) < 4.78 is 0. The molecule has 4 aliphatic rings. The Kier molecular flexibility index (Phi) is 2.19. The van der Waals surface area contributed by atoms with E-state index in [9.17, 15) is 4.79 Å². The third kappa shape index (κ3) is 1.52. The number of nitrogens with one attached hydrogen (secondary N) is 1. The van der Waals surface area contributed by atoms with Crippen LogP contribution in [-0.4, -0.2) is 10.2 Å². The third-order valence-corrected chi connectivity index (χ3v) is 5.81. The fourth-order valence-corrected chi connectivity index (χ4v) is 5.47. The Balaban J connectivity index is 1.84. The van der Waals surface area contributed by atoms with Crippen molar-refractivity contribution in [1.29, 1.82) is 0 Å². The molecule has 4 aliphatic carbocycles. The van der Waals surface area contributed by atoms with Crippen LogP contribution in [0.5, 0.6) is 0 Å². The molecular formula is C15H21N3O. The number of H-pyrrole nitrogens is 1. The van der Waals surface area contributed by atoms with Gasteiger partial charge in [-0.25, -0.2) is 5.10 Å². The quantitative estimate of drug-likeness (QED) is 0.811. The summed E-state index contributed by atoms with van der Waals surface area (Å²) in [5, 5.41) is 7.01. The van der Waals surface area contributed by atoms with Crippen LogP contribution < -0.4 is 11.3 Å². The van der Waals surface area contributed by atoms with Gasteiger partial charge in [0.15, 0.2) is 0 Å². The molecule has 0 radical (unpaired) electrons. The van der Waals surface area contributed by atoms with Crippen molar-refractivity contribution in [3.8, 4) is 0 Å². The highest BCUT2D eigenvalue weighted by molar-refractivity contribution is 5.48. The molecule has 4 bridgehead atoms. The van der Waals surface area contributed by atoms with Gasteiger partial charge in [-0.2, -0.15) is 5.10 Å². The van der Waals surface area contributed by atoms with Crippen LogP contribution in [0.4, 0.5) is 5.69 Å². The molecule has 4 fully saturated rings. The van der Waals surface area contributed by atoms with E-state index < -0.39 is 0 Å². The molecule has 19 heavy (non-hydrogen) atoms. The van der Waals surface area contributed by atoms with E-state index in [4.69, 9.17) is 5.73 Å². The molecule has 102 valence electrons. The molecule has 0 spiro atoms. The van der Waals surface area contributed by atoms with Crippen LogP contribution in [0.25, 0.3) is 0 Å². The van der Waals surface area contributed by atoms with E-state index in [1.807, 2.05) is 6.92 Å². The first-order valence-corrected chi connectivity index (χ1v) is 7.42. The van der Waals surface area contributed by atoms with Gasteiger partial charge >= 0.3 is 0 Å². The van der Waals surface area contributed by atoms with Crippen molar-refractivity contribution in [3.05, 3.63) is 21.6 Å². The minimum absolute atomic E-state index is 0.206. The third-order valence-electron chi connectivity index (χ3n) is 5.81. The number of aromatic amines is 1. The largest absolute Gasteiger partial charge is 0.394 e. The van der Waals surface area contributed by atoms with Crippen LogP contribution in [0.3, 0.4) is 0 Å². The molecule has 3 N–H and O–H groups in total. The number of hydrogen-bond acceptors (Lipinski definition) is 3. The number of nitrogen functional groups attached to an aromatic ring is 1. The Morgan fingerprint density at radius 2 is 1.68 bits per heavy atom. The zero-order valence-corrected chi connectivity index (χ0v) is 11.4. The Bertz CT molecular complexity index is 554. The van der Waals surface area contributed by atoms with Gasteiger partial charge in [0.25, 0.3) is 5.56 Å². The molecule has 4 nitrogen and oxygen atoms in total. The van der Waals surface area contributed by atoms with Gasteiger partial charge in [0.2, 0.25) is 0 Å². The summed E-state index contributed by atoms with van der Waals surface area (Å²) in [5.74, 6) is 2.63. The van der Waals surface area contributed by atoms with E-state index in [1.54, 1.807) is 0 Å². The van der Waals surface area contributed by atoms with Gasteiger partial charge in [0.1, 0.15) is 5.69 Å². The topological polar surface area (TPSA) is 71.8 Å². The molecule has 0 amide bonds. The molecule has 1 heterocycles. The van der Waals surface area contributed by atoms with Gasteiger partial charge in [-0.05, 0) is 63.2 Å². The monoisotopic (exact) mass is 259 g/mol. The molecule has 0 aliphatic heterocycles. The van der Waals surface area contributed by atoms with Crippen LogP contribution >= 0.6 is 0 Å². The maximum absolute atomic E-state index is 11.6. The summed E-state index contributed by atoms with van der Waals surface area (Å²) in [7, 11) is 0. The lowest BCUT2D eigenvalue weighted by atomic mass is 9.48. The van der Waals surface area contributed by atoms with Crippen molar-refractivity contribution in [2.75, 3.05) is 5.73 Å². The minimum Gasteiger partial charge on any atom is -0.394 e. The summed E-state index contributed by atoms with van der Waals surface area (Å²) in [6.45, 7) is 1.96. The standard InChI is InChI=1S/C15H21N3O/c1-8-12(16)14(19)18-17-13(8)15-5-9-2-10(6-15)4-11(3-9)7-15/h9-11H,2-7H2,1H3,(H2,16,17)(H,18,19). The molecule has 4 heteroatoms. The molecule has 0 unspecified atom stereocenters. The smallest absolute Gasteiger partial charge is 0.287 e. The molecule has 0 saturated heterocycles. The molecular weight excluding hydrogens is 238 g/mol. The number of nitrogens with zero attached hydrogens (tertiary/aromatic N) is 1. The van der Waals surface area contributed by atoms with Crippen LogP contribution in [0, 0.1) is 24.7 Å². The molecule has 0 aromatic carbocycles. The zero-order chi connectivity index (χ0) is 13.2. The number of nitrogens with two attached hydrogens (primary N) is 1. The Labute approximate surface area is 112 Å². The lowest BCUT2D eigenvalue weighted by molar-refractivity contribution is -0.00790. The maximum atomic E-state index is 11.6. The molecule has 1 aromatic rings. The van der Waals surface area contributed by atoms with Gasteiger partial charge in [0, 0.05) is 11.0 Å². The van der Waals surface area contributed by atoms with Gasteiger partial charge in [-0.1, -0.05) is 0 Å². The lowest BCUT2D eigenvalue weighted by Crippen LogP contribution is -2.49. The minimum atomic E-state index is -0.244. The fraction of sp³-hybridized carbons (Fsp3) is 0.733. The summed E-state index contributed by atoms with van der Waals surface area (Å²) in [6.07, 6.45) is 7.99. The van der Waals surface area contributed by atoms with E-state index in [-0.39, 0.29) is 11.0 Å². The number of rotatable bonds is 1. The van der Waals surface area contributed by atoms with E-state index in [0.29, 0.717) is 5.69 Å². The van der Waals surface area contributed by atoms with Crippen LogP contribution in [-0.2, 0) is 5.41 Å². The lowest BCUT2D eigenvalue weighted by Gasteiger charge is -2.56. The molecule has 1 aromatic heterocycles. The van der Waals surface area contributed by atoms with E-state index in [2.05, 4.69) is 10.2 Å². The Hall–Kier alpha value is -1.32. The van der Waals surface area contributed by atoms with Gasteiger partial charge in [0.05, 0.1) is 5.69 Å². The first-order chi connectivity index (χ1) is 9.07. The second-order valence-electron chi connectivity index (χ2n) is 7.14. The molecule has 0 atom stereocenters. The number of anilines is 1. The Morgan fingerprint density at radius 3 is 2.21 bits per heavy atom. The van der Waals surface area contributed by atoms with Crippen molar-refractivity contribution in [1.82, 2.24) is 10.2 Å². The number of hydrogen-bond donors (Lipinski definition) is 2. The average molecular weight is 259 g/mol. The van der Waals surface area contributed by atoms with Crippen molar-refractivity contribution < 1.29 is 0 Å². The SMILES string of the molecule is Cc1c(C23CC4CC(CC(C4)C2)C3)n[nH]c(=O)c1N. The van der Waals surface area contributed by atoms with Gasteiger partial charge < -0.3 is 5.73 Å². The van der Waals surface area contributed by atoms with Crippen molar-refractivity contribution in [2.45, 2.75) is 50.9 Å². The molecule has 5 rings (SSSR count). The van der Waals surface area contributed by atoms with Crippen LogP contribution in [0.2, 0.25) is 0 Å². The van der Waals surface area contributed by atoms with Gasteiger partial charge in [-0.3, -0.25) is 4.79 Å². The van der Waals surface area contributed by atoms with E-state index in [1.165, 1.54) is 38.5 Å².